The van der Waals surface area contributed by atoms with Crippen molar-refractivity contribution in [2.75, 3.05) is 0 Å². The third-order valence-electron chi connectivity index (χ3n) is 3.19. The zero-order chi connectivity index (χ0) is 15.4. The van der Waals surface area contributed by atoms with E-state index in [0.717, 1.165) is 15.6 Å². The van der Waals surface area contributed by atoms with Crippen molar-refractivity contribution < 1.29 is 4.92 Å². The van der Waals surface area contributed by atoms with Gasteiger partial charge in [-0.1, -0.05) is 40.2 Å². The molecule has 1 atom stereocenters. The Kier molecular flexibility index (Phi) is 5.50. The van der Waals surface area contributed by atoms with E-state index in [2.05, 4.69) is 44.1 Å². The minimum Gasteiger partial charge on any atom is -0.306 e. The van der Waals surface area contributed by atoms with Gasteiger partial charge in [-0.2, -0.15) is 0 Å². The summed E-state index contributed by atoms with van der Waals surface area (Å²) in [7, 11) is 0. The second-order valence-electron chi connectivity index (χ2n) is 4.67. The number of nitrogens with one attached hydrogen (secondary N) is 1. The van der Waals surface area contributed by atoms with Crippen molar-refractivity contribution >= 4 is 37.5 Å². The zero-order valence-electron chi connectivity index (χ0n) is 11.3. The van der Waals surface area contributed by atoms with Gasteiger partial charge in [0.25, 0.3) is 5.69 Å². The van der Waals surface area contributed by atoms with Crippen LogP contribution in [0.1, 0.15) is 24.1 Å². The second-order valence-corrected chi connectivity index (χ2v) is 6.38. The van der Waals surface area contributed by atoms with E-state index in [9.17, 15) is 10.1 Å². The number of nitro benzene ring substituents is 1. The van der Waals surface area contributed by atoms with Crippen molar-refractivity contribution in [1.29, 1.82) is 0 Å². The standard InChI is InChI=1S/C15H14Br2N2O2/c1-10(12-4-2-3-5-13(12)16)18-9-11-6-7-14(17)15(8-11)19(20)21/h2-8,10,18H,9H2,1H3. The molecule has 2 aromatic carbocycles. The molecule has 0 aliphatic carbocycles. The largest absolute Gasteiger partial charge is 0.306 e. The summed E-state index contributed by atoms with van der Waals surface area (Å²) in [4.78, 5) is 10.5. The van der Waals surface area contributed by atoms with Gasteiger partial charge in [0.1, 0.15) is 0 Å². The lowest BCUT2D eigenvalue weighted by molar-refractivity contribution is -0.385. The summed E-state index contributed by atoms with van der Waals surface area (Å²) in [5, 5.41) is 14.3. The van der Waals surface area contributed by atoms with Crippen molar-refractivity contribution in [3.63, 3.8) is 0 Å². The summed E-state index contributed by atoms with van der Waals surface area (Å²) < 4.78 is 1.54. The fourth-order valence-corrected chi connectivity index (χ4v) is 3.03. The van der Waals surface area contributed by atoms with Gasteiger partial charge >= 0.3 is 0 Å². The summed E-state index contributed by atoms with van der Waals surface area (Å²) in [6, 6.07) is 13.3. The molecule has 0 aliphatic rings. The Morgan fingerprint density at radius 3 is 2.57 bits per heavy atom. The molecule has 0 aromatic heterocycles. The maximum absolute atomic E-state index is 10.9. The molecule has 0 fully saturated rings. The molecular formula is C15H14Br2N2O2. The third-order valence-corrected chi connectivity index (χ3v) is 4.58. The topological polar surface area (TPSA) is 55.2 Å². The van der Waals surface area contributed by atoms with Gasteiger partial charge in [-0.15, -0.1) is 0 Å². The molecule has 1 N–H and O–H groups in total. The Bertz CT molecular complexity index is 662. The molecule has 110 valence electrons. The first-order valence-electron chi connectivity index (χ1n) is 6.39. The number of rotatable bonds is 5. The molecule has 0 heterocycles. The van der Waals surface area contributed by atoms with Crippen LogP contribution < -0.4 is 5.32 Å². The highest BCUT2D eigenvalue weighted by molar-refractivity contribution is 9.10. The smallest absolute Gasteiger partial charge is 0.283 e. The molecule has 21 heavy (non-hydrogen) atoms. The predicted octanol–water partition coefficient (Wildman–Crippen LogP) is 4.97. The van der Waals surface area contributed by atoms with Crippen molar-refractivity contribution in [1.82, 2.24) is 5.32 Å². The summed E-state index contributed by atoms with van der Waals surface area (Å²) in [6.45, 7) is 2.63. The highest BCUT2D eigenvalue weighted by Gasteiger charge is 2.13. The molecule has 2 rings (SSSR count). The second kappa shape index (κ2) is 7.15. The SMILES string of the molecule is CC(NCc1ccc(Br)c([N+](=O)[O-])c1)c1ccccc1Br. The number of benzene rings is 2. The lowest BCUT2D eigenvalue weighted by Gasteiger charge is -2.16. The number of hydrogen-bond acceptors (Lipinski definition) is 3. The van der Waals surface area contributed by atoms with Crippen LogP contribution in [-0.2, 0) is 6.54 Å². The first-order valence-corrected chi connectivity index (χ1v) is 7.98. The number of halogens is 2. The summed E-state index contributed by atoms with van der Waals surface area (Å²) in [5.74, 6) is 0. The van der Waals surface area contributed by atoms with Gasteiger partial charge in [-0.3, -0.25) is 10.1 Å². The van der Waals surface area contributed by atoms with Gasteiger partial charge in [0.2, 0.25) is 0 Å². The predicted molar refractivity (Wildman–Crippen MR) is 90.2 cm³/mol. The van der Waals surface area contributed by atoms with E-state index < -0.39 is 0 Å². The average Bonchev–Trinajstić information content (AvgIpc) is 2.46. The molecule has 0 saturated heterocycles. The molecular weight excluding hydrogens is 400 g/mol. The fraction of sp³-hybridized carbons (Fsp3) is 0.200. The number of nitro groups is 1. The summed E-state index contributed by atoms with van der Waals surface area (Å²) >= 11 is 6.72. The Balaban J connectivity index is 2.08. The molecule has 4 nitrogen and oxygen atoms in total. The third kappa shape index (κ3) is 4.12. The van der Waals surface area contributed by atoms with Gasteiger partial charge in [0.05, 0.1) is 9.40 Å². The van der Waals surface area contributed by atoms with Crippen LogP contribution in [0, 0.1) is 10.1 Å². The van der Waals surface area contributed by atoms with Gasteiger partial charge in [0, 0.05) is 23.1 Å². The lowest BCUT2D eigenvalue weighted by atomic mass is 10.1. The van der Waals surface area contributed by atoms with E-state index in [1.54, 1.807) is 12.1 Å². The minimum absolute atomic E-state index is 0.0860. The number of nitrogens with zero attached hydrogens (tertiary/aromatic N) is 1. The van der Waals surface area contributed by atoms with Crippen LogP contribution in [0.5, 0.6) is 0 Å². The Labute approximate surface area is 140 Å². The van der Waals surface area contributed by atoms with E-state index >= 15 is 0 Å². The van der Waals surface area contributed by atoms with E-state index in [1.807, 2.05) is 30.3 Å². The first kappa shape index (κ1) is 16.1. The Morgan fingerprint density at radius 2 is 1.90 bits per heavy atom. The van der Waals surface area contributed by atoms with Gasteiger partial charge in [0.15, 0.2) is 0 Å². The van der Waals surface area contributed by atoms with E-state index in [-0.39, 0.29) is 16.7 Å². The minimum atomic E-state index is -0.384. The van der Waals surface area contributed by atoms with E-state index in [1.165, 1.54) is 0 Å². The van der Waals surface area contributed by atoms with Crippen LogP contribution in [0.4, 0.5) is 5.69 Å². The zero-order valence-corrected chi connectivity index (χ0v) is 14.5. The lowest BCUT2D eigenvalue weighted by Crippen LogP contribution is -2.18. The number of hydrogen-bond donors (Lipinski definition) is 1. The van der Waals surface area contributed by atoms with Crippen LogP contribution in [0.3, 0.4) is 0 Å². The highest BCUT2D eigenvalue weighted by atomic mass is 79.9. The maximum Gasteiger partial charge on any atom is 0.283 e. The Hall–Kier alpha value is -1.24. The molecule has 0 saturated carbocycles. The first-order chi connectivity index (χ1) is 9.99. The van der Waals surface area contributed by atoms with Crippen LogP contribution >= 0.6 is 31.9 Å². The highest BCUT2D eigenvalue weighted by Crippen LogP contribution is 2.26. The summed E-state index contributed by atoms with van der Waals surface area (Å²) in [6.07, 6.45) is 0. The van der Waals surface area contributed by atoms with Gasteiger partial charge in [-0.05, 0) is 46.1 Å². The van der Waals surface area contributed by atoms with Gasteiger partial charge in [-0.25, -0.2) is 0 Å². The van der Waals surface area contributed by atoms with Crippen LogP contribution in [-0.4, -0.2) is 4.92 Å². The molecule has 0 radical (unpaired) electrons. The summed E-state index contributed by atoms with van der Waals surface area (Å²) in [5.41, 5.74) is 2.12. The van der Waals surface area contributed by atoms with Crippen molar-refractivity contribution in [3.05, 3.63) is 72.7 Å². The molecule has 0 amide bonds. The normalized spacial score (nSPS) is 12.1. The monoisotopic (exact) mass is 412 g/mol. The molecule has 2 aromatic rings. The van der Waals surface area contributed by atoms with E-state index in [0.29, 0.717) is 11.0 Å². The average molecular weight is 414 g/mol. The molecule has 0 aliphatic heterocycles. The van der Waals surface area contributed by atoms with Crippen molar-refractivity contribution in [2.24, 2.45) is 0 Å². The van der Waals surface area contributed by atoms with Crippen LogP contribution in [0.25, 0.3) is 0 Å². The van der Waals surface area contributed by atoms with Crippen molar-refractivity contribution in [2.45, 2.75) is 19.5 Å². The van der Waals surface area contributed by atoms with Crippen LogP contribution in [0.15, 0.2) is 51.4 Å². The maximum atomic E-state index is 10.9. The van der Waals surface area contributed by atoms with Gasteiger partial charge < -0.3 is 5.32 Å². The fourth-order valence-electron chi connectivity index (χ4n) is 2.02. The van der Waals surface area contributed by atoms with Crippen LogP contribution in [0.2, 0.25) is 0 Å². The quantitative estimate of drug-likeness (QED) is 0.556. The molecule has 0 spiro atoms. The Morgan fingerprint density at radius 1 is 1.19 bits per heavy atom. The van der Waals surface area contributed by atoms with E-state index in [4.69, 9.17) is 0 Å². The molecule has 6 heteroatoms. The molecule has 0 bridgehead atoms. The van der Waals surface area contributed by atoms with Crippen molar-refractivity contribution in [3.8, 4) is 0 Å². The molecule has 1 unspecified atom stereocenters.